The number of carbonyl (C=O) groups excluding carboxylic acids is 2. The summed E-state index contributed by atoms with van der Waals surface area (Å²) < 4.78 is 5.27. The van der Waals surface area contributed by atoms with Crippen molar-refractivity contribution in [1.29, 1.82) is 0 Å². The van der Waals surface area contributed by atoms with Crippen LogP contribution >= 0.6 is 46.1 Å². The van der Waals surface area contributed by atoms with Gasteiger partial charge in [-0.2, -0.15) is 4.98 Å². The van der Waals surface area contributed by atoms with E-state index in [9.17, 15) is 9.59 Å². The third kappa shape index (κ3) is 7.06. The highest BCUT2D eigenvalue weighted by Gasteiger charge is 2.25. The number of hydrogen-bond acceptors (Lipinski definition) is 6. The van der Waals surface area contributed by atoms with Crippen LogP contribution in [0.4, 0.5) is 15.6 Å². The lowest BCUT2D eigenvalue weighted by Gasteiger charge is -2.20. The van der Waals surface area contributed by atoms with Gasteiger partial charge in [-0.1, -0.05) is 34.8 Å². The molecule has 33 heavy (non-hydrogen) atoms. The van der Waals surface area contributed by atoms with Crippen LogP contribution in [0.3, 0.4) is 0 Å². The second-order valence-electron chi connectivity index (χ2n) is 7.18. The van der Waals surface area contributed by atoms with Crippen LogP contribution in [0, 0.1) is 0 Å². The molecular weight excluding hydrogens is 507 g/mol. The minimum atomic E-state index is -0.615. The van der Waals surface area contributed by atoms with Crippen molar-refractivity contribution in [2.45, 2.75) is 6.42 Å². The summed E-state index contributed by atoms with van der Waals surface area (Å²) in [6.07, 6.45) is 0.168. The van der Waals surface area contributed by atoms with E-state index in [0.29, 0.717) is 27.4 Å². The molecule has 7 nitrogen and oxygen atoms in total. The van der Waals surface area contributed by atoms with Gasteiger partial charge in [-0.05, 0) is 69.5 Å². The lowest BCUT2D eigenvalue weighted by atomic mass is 10.2. The number of halogens is 3. The average molecular weight is 528 g/mol. The fraction of sp³-hybridized carbons (Fsp3) is 0.227. The number of benzene rings is 2. The standard InChI is InChI=1S/C22H21Cl3N4O3S/c1-28(2)11-3-10-26-22(31)32-19-13-33-21(27-19)29(16-7-4-14(23)5-8-16)20(30)17-9-6-15(24)12-18(17)25/h4-9,12-13H,3,10-11H2,1-2H3,(H,26,31). The van der Waals surface area contributed by atoms with Crippen LogP contribution in [0.15, 0.2) is 47.8 Å². The van der Waals surface area contributed by atoms with Crippen LogP contribution < -0.4 is 15.0 Å². The van der Waals surface area contributed by atoms with Crippen molar-refractivity contribution >= 4 is 69.0 Å². The van der Waals surface area contributed by atoms with E-state index in [0.717, 1.165) is 24.3 Å². The zero-order chi connectivity index (χ0) is 24.0. The molecule has 0 saturated heterocycles. The Bertz CT molecular complexity index is 1120. The van der Waals surface area contributed by atoms with Crippen LogP contribution in [-0.2, 0) is 0 Å². The first-order valence-corrected chi connectivity index (χ1v) is 11.9. The molecular formula is C22H21Cl3N4O3S. The molecule has 11 heteroatoms. The molecule has 2 amide bonds. The number of aromatic nitrogens is 1. The molecule has 3 aromatic rings. The third-order valence-electron chi connectivity index (χ3n) is 4.36. The molecule has 2 aromatic carbocycles. The SMILES string of the molecule is CN(C)CCCNC(=O)Oc1csc(N(C(=O)c2ccc(Cl)cc2Cl)c2ccc(Cl)cc2)n1. The summed E-state index contributed by atoms with van der Waals surface area (Å²) in [7, 11) is 3.92. The van der Waals surface area contributed by atoms with E-state index in [1.54, 1.807) is 41.8 Å². The first kappa shape index (κ1) is 25.3. The van der Waals surface area contributed by atoms with Crippen molar-refractivity contribution in [3.8, 4) is 5.88 Å². The number of carbonyl (C=O) groups is 2. The van der Waals surface area contributed by atoms with Crippen molar-refractivity contribution in [1.82, 2.24) is 15.2 Å². The molecule has 0 radical (unpaired) electrons. The van der Waals surface area contributed by atoms with E-state index in [4.69, 9.17) is 39.5 Å². The molecule has 0 atom stereocenters. The first-order valence-electron chi connectivity index (χ1n) is 9.85. The summed E-state index contributed by atoms with van der Waals surface area (Å²) in [5.74, 6) is -0.345. The summed E-state index contributed by atoms with van der Waals surface area (Å²) in [6.45, 7) is 1.31. The van der Waals surface area contributed by atoms with Crippen molar-refractivity contribution in [3.63, 3.8) is 0 Å². The summed E-state index contributed by atoms with van der Waals surface area (Å²) in [5.41, 5.74) is 0.761. The normalized spacial score (nSPS) is 10.8. The number of amides is 2. The minimum Gasteiger partial charge on any atom is -0.390 e. The van der Waals surface area contributed by atoms with Crippen LogP contribution in [-0.4, -0.2) is 49.1 Å². The lowest BCUT2D eigenvalue weighted by Crippen LogP contribution is -2.30. The summed E-state index contributed by atoms with van der Waals surface area (Å²) in [5, 5.41) is 5.66. The maximum Gasteiger partial charge on any atom is 0.413 e. The lowest BCUT2D eigenvalue weighted by molar-refractivity contribution is 0.0999. The zero-order valence-electron chi connectivity index (χ0n) is 17.8. The van der Waals surface area contributed by atoms with E-state index in [2.05, 4.69) is 10.3 Å². The second-order valence-corrected chi connectivity index (χ2v) is 9.30. The highest BCUT2D eigenvalue weighted by Crippen LogP contribution is 2.34. The fourth-order valence-electron chi connectivity index (χ4n) is 2.80. The number of ether oxygens (including phenoxy) is 1. The highest BCUT2D eigenvalue weighted by atomic mass is 35.5. The largest absolute Gasteiger partial charge is 0.413 e. The van der Waals surface area contributed by atoms with Gasteiger partial charge in [-0.3, -0.25) is 9.69 Å². The van der Waals surface area contributed by atoms with Gasteiger partial charge in [0.1, 0.15) is 0 Å². The summed E-state index contributed by atoms with van der Waals surface area (Å²) in [4.78, 5) is 33.2. The molecule has 1 heterocycles. The van der Waals surface area contributed by atoms with E-state index in [1.165, 1.54) is 11.0 Å². The molecule has 0 saturated carbocycles. The van der Waals surface area contributed by atoms with Gasteiger partial charge in [0.05, 0.1) is 21.7 Å². The van der Waals surface area contributed by atoms with Crippen LogP contribution in [0.5, 0.6) is 5.88 Å². The van der Waals surface area contributed by atoms with E-state index < -0.39 is 12.0 Å². The molecule has 0 spiro atoms. The maximum absolute atomic E-state index is 13.4. The molecule has 174 valence electrons. The number of anilines is 2. The molecule has 1 N–H and O–H groups in total. The number of hydrogen-bond donors (Lipinski definition) is 1. The molecule has 0 fully saturated rings. The Morgan fingerprint density at radius 1 is 1.06 bits per heavy atom. The summed E-state index contributed by atoms with van der Waals surface area (Å²) in [6, 6.07) is 11.3. The fourth-order valence-corrected chi connectivity index (χ4v) is 4.16. The molecule has 0 aliphatic rings. The highest BCUT2D eigenvalue weighted by molar-refractivity contribution is 7.14. The smallest absolute Gasteiger partial charge is 0.390 e. The topological polar surface area (TPSA) is 74.8 Å². The Balaban J connectivity index is 1.82. The van der Waals surface area contributed by atoms with Gasteiger partial charge in [0.15, 0.2) is 0 Å². The zero-order valence-corrected chi connectivity index (χ0v) is 20.9. The molecule has 1 aromatic heterocycles. The van der Waals surface area contributed by atoms with Crippen LogP contribution in [0.1, 0.15) is 16.8 Å². The van der Waals surface area contributed by atoms with Gasteiger partial charge in [-0.15, -0.1) is 11.3 Å². The monoisotopic (exact) mass is 526 g/mol. The predicted molar refractivity (Wildman–Crippen MR) is 134 cm³/mol. The van der Waals surface area contributed by atoms with Crippen molar-refractivity contribution in [3.05, 3.63) is 68.5 Å². The summed E-state index contributed by atoms with van der Waals surface area (Å²) >= 11 is 19.4. The number of thiazole rings is 1. The average Bonchev–Trinajstić information content (AvgIpc) is 3.20. The minimum absolute atomic E-state index is 0.0778. The Morgan fingerprint density at radius 3 is 2.42 bits per heavy atom. The van der Waals surface area contributed by atoms with Gasteiger partial charge >= 0.3 is 6.09 Å². The molecule has 0 bridgehead atoms. The molecule has 0 aliphatic carbocycles. The molecule has 3 rings (SSSR count). The van der Waals surface area contributed by atoms with Crippen LogP contribution in [0.2, 0.25) is 15.1 Å². The third-order valence-corrected chi connectivity index (χ3v) is 5.96. The van der Waals surface area contributed by atoms with Crippen molar-refractivity contribution in [2.75, 3.05) is 32.1 Å². The Morgan fingerprint density at radius 2 is 1.76 bits per heavy atom. The van der Waals surface area contributed by atoms with Crippen molar-refractivity contribution < 1.29 is 14.3 Å². The number of rotatable bonds is 8. The molecule has 0 unspecified atom stereocenters. The van der Waals surface area contributed by atoms with Gasteiger partial charge in [0.25, 0.3) is 5.91 Å². The maximum atomic E-state index is 13.4. The van der Waals surface area contributed by atoms with E-state index >= 15 is 0 Å². The Kier molecular flexibility index (Phi) is 8.94. The number of nitrogens with zero attached hydrogens (tertiary/aromatic N) is 3. The van der Waals surface area contributed by atoms with Crippen molar-refractivity contribution in [2.24, 2.45) is 0 Å². The van der Waals surface area contributed by atoms with Gasteiger partial charge < -0.3 is 15.0 Å². The van der Waals surface area contributed by atoms with E-state index in [-0.39, 0.29) is 16.5 Å². The predicted octanol–water partition coefficient (Wildman–Crippen LogP) is 6.12. The van der Waals surface area contributed by atoms with E-state index in [1.807, 2.05) is 19.0 Å². The number of nitrogens with one attached hydrogen (secondary N) is 1. The molecule has 0 aliphatic heterocycles. The van der Waals surface area contributed by atoms with Gasteiger partial charge in [0.2, 0.25) is 11.0 Å². The van der Waals surface area contributed by atoms with Crippen LogP contribution in [0.25, 0.3) is 0 Å². The quantitative estimate of drug-likeness (QED) is 0.357. The Hall–Kier alpha value is -2.36. The second kappa shape index (κ2) is 11.7. The first-order chi connectivity index (χ1) is 15.7. The Labute approximate surface area is 210 Å². The van der Waals surface area contributed by atoms with Gasteiger partial charge in [0, 0.05) is 16.6 Å². The van der Waals surface area contributed by atoms with Gasteiger partial charge in [-0.25, -0.2) is 4.79 Å².